The maximum atomic E-state index is 12.2. The quantitative estimate of drug-likeness (QED) is 0.775. The first kappa shape index (κ1) is 20.2. The molecule has 4 heteroatoms. The summed E-state index contributed by atoms with van der Waals surface area (Å²) >= 11 is 0. The number of piperidine rings is 2. The fraction of sp³-hybridized carbons (Fsp3) is 0.696. The molecule has 2 heterocycles. The van der Waals surface area contributed by atoms with Gasteiger partial charge in [-0.2, -0.15) is 0 Å². The van der Waals surface area contributed by atoms with Crippen molar-refractivity contribution in [3.8, 4) is 0 Å². The summed E-state index contributed by atoms with van der Waals surface area (Å²) in [6, 6.07) is 10.9. The first-order valence-electron chi connectivity index (χ1n) is 10.6. The number of nitrogens with zero attached hydrogens (tertiary/aromatic N) is 2. The van der Waals surface area contributed by atoms with Crippen LogP contribution in [0.4, 0.5) is 4.79 Å². The van der Waals surface area contributed by atoms with Crippen molar-refractivity contribution in [1.29, 1.82) is 0 Å². The summed E-state index contributed by atoms with van der Waals surface area (Å²) in [7, 11) is 0. The monoisotopic (exact) mass is 372 g/mol. The van der Waals surface area contributed by atoms with E-state index in [4.69, 9.17) is 4.74 Å². The number of hydrogen-bond acceptors (Lipinski definition) is 3. The van der Waals surface area contributed by atoms with E-state index >= 15 is 0 Å². The van der Waals surface area contributed by atoms with Gasteiger partial charge in [-0.05, 0) is 83.4 Å². The summed E-state index contributed by atoms with van der Waals surface area (Å²) in [6.45, 7) is 11.1. The van der Waals surface area contributed by atoms with E-state index in [9.17, 15) is 4.79 Å². The van der Waals surface area contributed by atoms with Gasteiger partial charge in [-0.1, -0.05) is 30.3 Å². The standard InChI is InChI=1S/C23H36N2O2/c1-23(2,3)27-22(26)25-15-11-21(12-16-25)18-24-13-9-20(10-14-24)17-19-7-5-4-6-8-19/h4-8,20-21H,9-18H2,1-3H3. The van der Waals surface area contributed by atoms with Gasteiger partial charge in [0, 0.05) is 19.6 Å². The first-order valence-corrected chi connectivity index (χ1v) is 10.6. The molecule has 0 N–H and O–H groups in total. The Hall–Kier alpha value is -1.55. The highest BCUT2D eigenvalue weighted by Crippen LogP contribution is 2.25. The Morgan fingerprint density at radius 2 is 1.56 bits per heavy atom. The highest BCUT2D eigenvalue weighted by molar-refractivity contribution is 5.68. The number of ether oxygens (including phenoxy) is 1. The number of amides is 1. The molecule has 0 spiro atoms. The van der Waals surface area contributed by atoms with E-state index in [1.165, 1.54) is 44.5 Å². The van der Waals surface area contributed by atoms with Crippen molar-refractivity contribution in [3.63, 3.8) is 0 Å². The fourth-order valence-electron chi connectivity index (χ4n) is 4.31. The second-order valence-corrected chi connectivity index (χ2v) is 9.34. The molecule has 4 nitrogen and oxygen atoms in total. The fourth-order valence-corrected chi connectivity index (χ4v) is 4.31. The maximum absolute atomic E-state index is 12.2. The van der Waals surface area contributed by atoms with Crippen molar-refractivity contribution in [2.45, 2.75) is 58.5 Å². The second kappa shape index (κ2) is 9.09. The van der Waals surface area contributed by atoms with E-state index in [1.54, 1.807) is 0 Å². The molecule has 2 aliphatic rings. The Balaban J connectivity index is 1.35. The van der Waals surface area contributed by atoms with E-state index in [-0.39, 0.29) is 6.09 Å². The SMILES string of the molecule is CC(C)(C)OC(=O)N1CCC(CN2CCC(Cc3ccccc3)CC2)CC1. The molecule has 0 bridgehead atoms. The molecule has 150 valence electrons. The van der Waals surface area contributed by atoms with Crippen LogP contribution in [0.5, 0.6) is 0 Å². The van der Waals surface area contributed by atoms with Gasteiger partial charge in [0.15, 0.2) is 0 Å². The van der Waals surface area contributed by atoms with Crippen LogP contribution in [0.15, 0.2) is 30.3 Å². The van der Waals surface area contributed by atoms with E-state index in [0.29, 0.717) is 0 Å². The number of hydrogen-bond donors (Lipinski definition) is 0. The van der Waals surface area contributed by atoms with Crippen LogP contribution >= 0.6 is 0 Å². The van der Waals surface area contributed by atoms with Crippen LogP contribution in [0.25, 0.3) is 0 Å². The van der Waals surface area contributed by atoms with Crippen LogP contribution in [0, 0.1) is 11.8 Å². The van der Waals surface area contributed by atoms with Gasteiger partial charge in [-0.3, -0.25) is 0 Å². The predicted molar refractivity (Wildman–Crippen MR) is 110 cm³/mol. The Kier molecular flexibility index (Phi) is 6.80. The summed E-state index contributed by atoms with van der Waals surface area (Å²) in [5, 5.41) is 0. The minimum Gasteiger partial charge on any atom is -0.444 e. The van der Waals surface area contributed by atoms with Crippen LogP contribution in [0.1, 0.15) is 52.0 Å². The van der Waals surface area contributed by atoms with Crippen molar-refractivity contribution in [1.82, 2.24) is 9.80 Å². The summed E-state index contributed by atoms with van der Waals surface area (Å²) in [6.07, 6.45) is 5.90. The maximum Gasteiger partial charge on any atom is 0.410 e. The largest absolute Gasteiger partial charge is 0.444 e. The molecular weight excluding hydrogens is 336 g/mol. The zero-order valence-corrected chi connectivity index (χ0v) is 17.3. The van der Waals surface area contributed by atoms with Crippen LogP contribution in [-0.4, -0.2) is 54.2 Å². The third-order valence-electron chi connectivity index (χ3n) is 5.86. The molecule has 0 aliphatic carbocycles. The topological polar surface area (TPSA) is 32.8 Å². The highest BCUT2D eigenvalue weighted by atomic mass is 16.6. The van der Waals surface area contributed by atoms with Crippen LogP contribution in [0.3, 0.4) is 0 Å². The molecule has 2 fully saturated rings. The van der Waals surface area contributed by atoms with Gasteiger partial charge in [-0.15, -0.1) is 0 Å². The molecular formula is C23H36N2O2. The molecule has 1 aromatic rings. The van der Waals surface area contributed by atoms with E-state index < -0.39 is 5.60 Å². The normalized spacial score (nSPS) is 20.6. The van der Waals surface area contributed by atoms with E-state index in [0.717, 1.165) is 37.8 Å². The zero-order valence-electron chi connectivity index (χ0n) is 17.3. The third kappa shape index (κ3) is 6.53. The second-order valence-electron chi connectivity index (χ2n) is 9.34. The van der Waals surface area contributed by atoms with Gasteiger partial charge in [0.05, 0.1) is 0 Å². The molecule has 2 aliphatic heterocycles. The molecule has 27 heavy (non-hydrogen) atoms. The van der Waals surface area contributed by atoms with Gasteiger partial charge in [0.2, 0.25) is 0 Å². The van der Waals surface area contributed by atoms with Crippen LogP contribution in [-0.2, 0) is 11.2 Å². The van der Waals surface area contributed by atoms with Crippen molar-refractivity contribution < 1.29 is 9.53 Å². The zero-order chi connectivity index (χ0) is 19.3. The molecule has 0 saturated carbocycles. The van der Waals surface area contributed by atoms with Crippen molar-refractivity contribution in [3.05, 3.63) is 35.9 Å². The molecule has 0 atom stereocenters. The van der Waals surface area contributed by atoms with Gasteiger partial charge in [0.1, 0.15) is 5.60 Å². The minimum atomic E-state index is -0.405. The minimum absolute atomic E-state index is 0.150. The van der Waals surface area contributed by atoms with E-state index in [1.807, 2.05) is 25.7 Å². The van der Waals surface area contributed by atoms with Gasteiger partial charge < -0.3 is 14.5 Å². The predicted octanol–water partition coefficient (Wildman–Crippen LogP) is 4.59. The smallest absolute Gasteiger partial charge is 0.410 e. The molecule has 0 unspecified atom stereocenters. The summed E-state index contributed by atoms with van der Waals surface area (Å²) < 4.78 is 5.50. The molecule has 3 rings (SSSR count). The van der Waals surface area contributed by atoms with E-state index in [2.05, 4.69) is 35.2 Å². The van der Waals surface area contributed by atoms with Crippen molar-refractivity contribution in [2.24, 2.45) is 11.8 Å². The number of carbonyl (C=O) groups excluding carboxylic acids is 1. The van der Waals surface area contributed by atoms with Gasteiger partial charge >= 0.3 is 6.09 Å². The Morgan fingerprint density at radius 3 is 2.15 bits per heavy atom. The third-order valence-corrected chi connectivity index (χ3v) is 5.86. The summed E-state index contributed by atoms with van der Waals surface area (Å²) in [5.74, 6) is 1.55. The lowest BCUT2D eigenvalue weighted by molar-refractivity contribution is 0.0164. The average Bonchev–Trinajstić information content (AvgIpc) is 2.63. The number of carbonyl (C=O) groups is 1. The van der Waals surface area contributed by atoms with Crippen molar-refractivity contribution in [2.75, 3.05) is 32.7 Å². The number of rotatable bonds is 4. The number of likely N-dealkylation sites (tertiary alicyclic amines) is 2. The number of benzene rings is 1. The lowest BCUT2D eigenvalue weighted by atomic mass is 9.89. The van der Waals surface area contributed by atoms with Crippen molar-refractivity contribution >= 4 is 6.09 Å². The Bertz CT molecular complexity index is 580. The summed E-state index contributed by atoms with van der Waals surface area (Å²) in [4.78, 5) is 16.7. The summed E-state index contributed by atoms with van der Waals surface area (Å²) in [5.41, 5.74) is 1.07. The first-order chi connectivity index (χ1) is 12.9. The lowest BCUT2D eigenvalue weighted by Gasteiger charge is -2.38. The average molecular weight is 373 g/mol. The van der Waals surface area contributed by atoms with Gasteiger partial charge in [0.25, 0.3) is 0 Å². The molecule has 2 saturated heterocycles. The molecule has 1 aromatic carbocycles. The van der Waals surface area contributed by atoms with Crippen LogP contribution in [0.2, 0.25) is 0 Å². The molecule has 0 radical (unpaired) electrons. The Morgan fingerprint density at radius 1 is 0.963 bits per heavy atom. The van der Waals surface area contributed by atoms with Crippen LogP contribution < -0.4 is 0 Å². The highest BCUT2D eigenvalue weighted by Gasteiger charge is 2.28. The molecule has 1 amide bonds. The van der Waals surface area contributed by atoms with Gasteiger partial charge in [-0.25, -0.2) is 4.79 Å². The lowest BCUT2D eigenvalue weighted by Crippen LogP contribution is -2.44. The Labute approximate surface area is 164 Å². The molecule has 0 aromatic heterocycles.